The van der Waals surface area contributed by atoms with Gasteiger partial charge in [-0.1, -0.05) is 0 Å². The van der Waals surface area contributed by atoms with Crippen LogP contribution in [0.4, 0.5) is 0 Å². The van der Waals surface area contributed by atoms with Gasteiger partial charge in [-0.3, -0.25) is 0 Å². The van der Waals surface area contributed by atoms with E-state index in [0.29, 0.717) is 15.1 Å². The van der Waals surface area contributed by atoms with Gasteiger partial charge in [0.25, 0.3) is 0 Å². The molecule has 3 rings (SSSR count). The summed E-state index contributed by atoms with van der Waals surface area (Å²) in [5, 5.41) is 2.56. The zero-order valence-corrected chi connectivity index (χ0v) is 17.6. The van der Waals surface area contributed by atoms with Crippen LogP contribution in [0.1, 0.15) is 0 Å². The van der Waals surface area contributed by atoms with Crippen molar-refractivity contribution < 1.29 is 0 Å². The normalized spacial score (nSPS) is 13.3. The van der Waals surface area contributed by atoms with Gasteiger partial charge in [-0.2, -0.15) is 0 Å². The predicted octanol–water partition coefficient (Wildman–Crippen LogP) is 6.42. The molecule has 0 heterocycles. The molecular formula is C19H15BrCl3P. The summed E-state index contributed by atoms with van der Waals surface area (Å²) in [6.07, 6.45) is 0. The minimum atomic E-state index is -2.92. The Kier molecular flexibility index (Phi) is 5.04. The third kappa shape index (κ3) is 3.14. The van der Waals surface area contributed by atoms with Gasteiger partial charge in [0.2, 0.25) is 0 Å². The van der Waals surface area contributed by atoms with Crippen LogP contribution in [0.2, 0.25) is 15.1 Å². The molecule has 0 aliphatic rings. The van der Waals surface area contributed by atoms with Crippen LogP contribution in [-0.4, -0.2) is 6.66 Å². The van der Waals surface area contributed by atoms with E-state index in [1.165, 1.54) is 0 Å². The first-order valence-electron chi connectivity index (χ1n) is 7.32. The summed E-state index contributed by atoms with van der Waals surface area (Å²) in [5.41, 5.74) is 0. The Balaban J connectivity index is 2.41. The minimum absolute atomic E-state index is 0.701. The van der Waals surface area contributed by atoms with Gasteiger partial charge in [0.15, 0.2) is 0 Å². The average molecular weight is 461 g/mol. The van der Waals surface area contributed by atoms with Gasteiger partial charge in [-0.05, 0) is 0 Å². The van der Waals surface area contributed by atoms with Crippen LogP contribution in [0, 0.1) is 0 Å². The molecule has 3 aromatic rings. The summed E-state index contributed by atoms with van der Waals surface area (Å²) in [6.45, 7) is 2.23. The van der Waals surface area contributed by atoms with Gasteiger partial charge in [0.1, 0.15) is 0 Å². The Labute approximate surface area is 165 Å². The summed E-state index contributed by atoms with van der Waals surface area (Å²) in [6, 6.07) is 23.9. The first kappa shape index (κ1) is 18.2. The molecule has 0 unspecified atom stereocenters. The molecule has 0 aliphatic heterocycles. The van der Waals surface area contributed by atoms with Crippen molar-refractivity contribution in [3.05, 3.63) is 87.9 Å². The van der Waals surface area contributed by atoms with Gasteiger partial charge in [0, 0.05) is 0 Å². The van der Waals surface area contributed by atoms with Crippen molar-refractivity contribution in [2.75, 3.05) is 6.66 Å². The SMILES string of the molecule is CP(Br)(c1cccc(Cl)c1)(c1cccc(Cl)c1)c1cccc(Cl)c1. The van der Waals surface area contributed by atoms with Crippen LogP contribution in [0.3, 0.4) is 0 Å². The molecular weight excluding hydrogens is 445 g/mol. The second-order valence-corrected chi connectivity index (χ2v) is 16.9. The third-order valence-electron chi connectivity index (χ3n) is 4.27. The summed E-state index contributed by atoms with van der Waals surface area (Å²) < 4.78 is 0. The molecule has 24 heavy (non-hydrogen) atoms. The van der Waals surface area contributed by atoms with Gasteiger partial charge in [-0.25, -0.2) is 0 Å². The molecule has 0 saturated heterocycles. The zero-order chi connectivity index (χ0) is 17.4. The van der Waals surface area contributed by atoms with Crippen LogP contribution in [0.5, 0.6) is 0 Å². The summed E-state index contributed by atoms with van der Waals surface area (Å²) in [4.78, 5) is 0. The van der Waals surface area contributed by atoms with Crippen LogP contribution in [0.15, 0.2) is 72.8 Å². The molecule has 0 amide bonds. The first-order chi connectivity index (χ1) is 11.3. The molecule has 0 atom stereocenters. The maximum absolute atomic E-state index is 6.30. The third-order valence-corrected chi connectivity index (χ3v) is 13.2. The fraction of sp³-hybridized carbons (Fsp3) is 0.0526. The van der Waals surface area contributed by atoms with Crippen molar-refractivity contribution in [3.8, 4) is 0 Å². The Morgan fingerprint density at radius 2 is 0.917 bits per heavy atom. The standard InChI is InChI=1S/C19H15BrCl3P/c1-24(20,17-8-2-5-14(21)11-17,18-9-3-6-15(22)12-18)19-10-4-7-16(23)13-19/h2-13H,1H3. The molecule has 0 bridgehead atoms. The number of hydrogen-bond acceptors (Lipinski definition) is 0. The van der Waals surface area contributed by atoms with E-state index in [-0.39, 0.29) is 0 Å². The van der Waals surface area contributed by atoms with Crippen molar-refractivity contribution in [1.82, 2.24) is 0 Å². The molecule has 0 radical (unpaired) electrons. The van der Waals surface area contributed by atoms with Crippen LogP contribution >= 0.6 is 55.6 Å². The van der Waals surface area contributed by atoms with Crippen LogP contribution in [-0.2, 0) is 0 Å². The van der Waals surface area contributed by atoms with E-state index in [4.69, 9.17) is 34.8 Å². The topological polar surface area (TPSA) is 0 Å². The van der Waals surface area contributed by atoms with Crippen molar-refractivity contribution in [3.63, 3.8) is 0 Å². The molecule has 0 aromatic heterocycles. The molecule has 5 heteroatoms. The van der Waals surface area contributed by atoms with Gasteiger partial charge < -0.3 is 0 Å². The molecule has 0 fully saturated rings. The number of hydrogen-bond donors (Lipinski definition) is 0. The molecule has 3 aromatic carbocycles. The molecule has 0 spiro atoms. The van der Waals surface area contributed by atoms with Crippen LogP contribution < -0.4 is 15.9 Å². The Bertz CT molecular complexity index is 791. The predicted molar refractivity (Wildman–Crippen MR) is 115 cm³/mol. The van der Waals surface area contributed by atoms with Gasteiger partial charge in [0.05, 0.1) is 0 Å². The summed E-state index contributed by atoms with van der Waals surface area (Å²) in [7, 11) is 0. The van der Waals surface area contributed by atoms with E-state index in [1.54, 1.807) is 0 Å². The second-order valence-electron chi connectivity index (χ2n) is 5.87. The fourth-order valence-corrected chi connectivity index (χ4v) is 9.21. The molecule has 0 saturated carbocycles. The van der Waals surface area contributed by atoms with E-state index in [2.05, 4.69) is 40.4 Å². The number of rotatable bonds is 3. The van der Waals surface area contributed by atoms with Crippen molar-refractivity contribution in [2.45, 2.75) is 0 Å². The Morgan fingerprint density at radius 3 is 1.17 bits per heavy atom. The number of benzene rings is 3. The fourth-order valence-electron chi connectivity index (χ4n) is 2.87. The molecule has 0 N–H and O–H groups in total. The Hall–Kier alpha value is -0.560. The van der Waals surface area contributed by atoms with Gasteiger partial charge in [-0.15, -0.1) is 0 Å². The quantitative estimate of drug-likeness (QED) is 0.396. The monoisotopic (exact) mass is 458 g/mol. The summed E-state index contributed by atoms with van der Waals surface area (Å²) >= 11 is 23.1. The van der Waals surface area contributed by atoms with Gasteiger partial charge >= 0.3 is 166 Å². The van der Waals surface area contributed by atoms with Crippen molar-refractivity contribution >= 4 is 71.5 Å². The average Bonchev–Trinajstić information content (AvgIpc) is 2.55. The van der Waals surface area contributed by atoms with Crippen molar-refractivity contribution in [1.29, 1.82) is 0 Å². The van der Waals surface area contributed by atoms with E-state index in [9.17, 15) is 0 Å². The zero-order valence-electron chi connectivity index (χ0n) is 12.9. The molecule has 0 aliphatic carbocycles. The second kappa shape index (κ2) is 6.63. The van der Waals surface area contributed by atoms with Crippen molar-refractivity contribution in [2.24, 2.45) is 0 Å². The summed E-state index contributed by atoms with van der Waals surface area (Å²) in [5.74, 6) is 0. The van der Waals surface area contributed by atoms with E-state index in [0.717, 1.165) is 15.9 Å². The molecule has 0 nitrogen and oxygen atoms in total. The number of halogens is 4. The first-order valence-corrected chi connectivity index (χ1v) is 13.2. The van der Waals surface area contributed by atoms with E-state index < -0.39 is 5.31 Å². The Morgan fingerprint density at radius 1 is 0.625 bits per heavy atom. The molecule has 124 valence electrons. The van der Waals surface area contributed by atoms with E-state index in [1.807, 2.05) is 54.6 Å². The van der Waals surface area contributed by atoms with E-state index >= 15 is 0 Å². The maximum atomic E-state index is 6.30. The van der Waals surface area contributed by atoms with Crippen LogP contribution in [0.25, 0.3) is 0 Å².